The zero-order chi connectivity index (χ0) is 30.1. The number of rotatable bonds is 2. The zero-order valence-corrected chi connectivity index (χ0v) is 30.6. The average Bonchev–Trinajstić information content (AvgIpc) is 3.09. The predicted molar refractivity (Wildman–Crippen MR) is 193 cm³/mol. The SMILES string of the molecule is C.Cc1c(N)cccc1B(O)O.Cc1c(N)cccc1B1OC(C)(C)C(C)(C)O1.Cc1c(N)cccc1Br.Cl.[CH2-]I.[V]. The van der Waals surface area contributed by atoms with E-state index in [0.29, 0.717) is 11.2 Å². The van der Waals surface area contributed by atoms with Gasteiger partial charge in [-0.15, -0.1) is 12.4 Å². The number of nitrogen functional groups attached to an aromatic ring is 3. The molecule has 0 saturated carbocycles. The summed E-state index contributed by atoms with van der Waals surface area (Å²) in [6.45, 7) is 13.9. The molecule has 1 radical (unpaired) electrons. The molecule has 7 nitrogen and oxygen atoms in total. The molecule has 1 aliphatic heterocycles. The van der Waals surface area contributed by atoms with Gasteiger partial charge in [-0.05, 0) is 100 Å². The van der Waals surface area contributed by atoms with Crippen LogP contribution in [0.5, 0.6) is 0 Å². The van der Waals surface area contributed by atoms with E-state index >= 15 is 0 Å². The molecule has 0 aliphatic carbocycles. The first-order valence-corrected chi connectivity index (χ1v) is 14.6. The molecule has 0 bridgehead atoms. The molecule has 0 amide bonds. The number of hydrogen-bond acceptors (Lipinski definition) is 7. The quantitative estimate of drug-likeness (QED) is 0.0964. The Morgan fingerprint density at radius 2 is 1.14 bits per heavy atom. The molecule has 233 valence electrons. The van der Waals surface area contributed by atoms with Crippen molar-refractivity contribution >= 4 is 93.2 Å². The minimum absolute atomic E-state index is 0. The predicted octanol–water partition coefficient (Wildman–Crippen LogP) is 5.74. The molecular weight excluding hydrogens is 769 g/mol. The van der Waals surface area contributed by atoms with Crippen LogP contribution < -0.4 is 28.1 Å². The van der Waals surface area contributed by atoms with Gasteiger partial charge in [-0.25, -0.2) is 0 Å². The van der Waals surface area contributed by atoms with Gasteiger partial charge in [0.05, 0.1) is 11.2 Å². The van der Waals surface area contributed by atoms with Crippen LogP contribution in [-0.2, 0) is 27.9 Å². The number of halogens is 3. The molecule has 8 N–H and O–H groups in total. The van der Waals surface area contributed by atoms with Crippen molar-refractivity contribution in [3.05, 3.63) is 80.7 Å². The summed E-state index contributed by atoms with van der Waals surface area (Å²) in [5.41, 5.74) is 23.0. The van der Waals surface area contributed by atoms with Crippen LogP contribution in [0, 0.1) is 25.7 Å². The van der Waals surface area contributed by atoms with Crippen LogP contribution in [-0.4, -0.2) is 35.5 Å². The van der Waals surface area contributed by atoms with Gasteiger partial charge in [0.15, 0.2) is 0 Å². The minimum Gasteiger partial charge on any atom is -0.423 e. The summed E-state index contributed by atoms with van der Waals surface area (Å²) in [5.74, 6) is 0. The fourth-order valence-electron chi connectivity index (χ4n) is 3.47. The summed E-state index contributed by atoms with van der Waals surface area (Å²) in [5, 5.41) is 17.7. The van der Waals surface area contributed by atoms with Crippen molar-refractivity contribution < 1.29 is 37.9 Å². The second-order valence-electron chi connectivity index (χ2n) is 10.0. The standard InChI is InChI=1S/C13H20BNO2.C7H10BNO2.C7H8BrN.CH2I.CH4.ClH.V/c1-9-10(7-6-8-11(9)15)14-16-12(2,3)13(4,5)17-14;1-5-6(8(10)11)3-2-4-7(5)9;1-5-6(8)3-2-4-7(5)9;1-2;;;/h6-8H,15H2,1-5H3;2-4,10-11H,9H2,1H3;2-4H,9H2,1H3;1H2;1H4;1H;/q;;;-1;;;. The van der Waals surface area contributed by atoms with E-state index in [4.69, 9.17) is 36.6 Å². The summed E-state index contributed by atoms with van der Waals surface area (Å²) in [6.07, 6.45) is 0. The summed E-state index contributed by atoms with van der Waals surface area (Å²) in [6, 6.07) is 16.7. The molecule has 0 unspecified atom stereocenters. The summed E-state index contributed by atoms with van der Waals surface area (Å²) in [7, 11) is -1.76. The van der Waals surface area contributed by atoms with E-state index in [0.717, 1.165) is 38.0 Å². The van der Waals surface area contributed by atoms with Crippen molar-refractivity contribution in [1.82, 2.24) is 0 Å². The van der Waals surface area contributed by atoms with Crippen molar-refractivity contribution in [1.29, 1.82) is 0 Å². The van der Waals surface area contributed by atoms with Crippen molar-refractivity contribution in [2.75, 3.05) is 17.2 Å². The summed E-state index contributed by atoms with van der Waals surface area (Å²) < 4.78 is 13.1. The topological polar surface area (TPSA) is 137 Å². The third-order valence-corrected chi connectivity index (χ3v) is 7.79. The maximum Gasteiger partial charge on any atom is 0.495 e. The van der Waals surface area contributed by atoms with Crippen molar-refractivity contribution in [2.24, 2.45) is 0 Å². The molecule has 1 saturated heterocycles. The van der Waals surface area contributed by atoms with E-state index in [1.165, 1.54) is 0 Å². The monoisotopic (exact) mass is 813 g/mol. The van der Waals surface area contributed by atoms with Gasteiger partial charge in [0.1, 0.15) is 0 Å². The van der Waals surface area contributed by atoms with Gasteiger partial charge >= 0.3 is 14.2 Å². The van der Waals surface area contributed by atoms with Crippen LogP contribution in [0.2, 0.25) is 0 Å². The Labute approximate surface area is 293 Å². The molecule has 0 atom stereocenters. The molecule has 42 heavy (non-hydrogen) atoms. The normalized spacial score (nSPS) is 13.6. The number of anilines is 3. The maximum atomic E-state index is 8.83. The Bertz CT molecular complexity index is 1210. The molecule has 4 rings (SSSR count). The molecule has 1 fully saturated rings. The zero-order valence-electron chi connectivity index (χ0n) is 24.6. The molecule has 3 aromatic rings. The Hall–Kier alpha value is -0.886. The van der Waals surface area contributed by atoms with E-state index in [1.807, 2.05) is 72.8 Å². The van der Waals surface area contributed by atoms with E-state index in [2.05, 4.69) is 48.6 Å². The maximum absolute atomic E-state index is 8.83. The van der Waals surface area contributed by atoms with Gasteiger partial charge in [0.25, 0.3) is 0 Å². The van der Waals surface area contributed by atoms with Crippen molar-refractivity contribution in [3.8, 4) is 0 Å². The van der Waals surface area contributed by atoms with Gasteiger partial charge in [-0.2, -0.15) is 0 Å². The second kappa shape index (κ2) is 20.2. The van der Waals surface area contributed by atoms with Crippen LogP contribution in [0.15, 0.2) is 59.1 Å². The van der Waals surface area contributed by atoms with Gasteiger partial charge in [-0.3, -0.25) is 4.93 Å². The average molecular weight is 815 g/mol. The van der Waals surface area contributed by atoms with E-state index in [1.54, 1.807) is 25.1 Å². The summed E-state index contributed by atoms with van der Waals surface area (Å²) >= 11 is 5.27. The largest absolute Gasteiger partial charge is 0.495 e. The van der Waals surface area contributed by atoms with E-state index < -0.39 is 7.12 Å². The third-order valence-electron chi connectivity index (χ3n) is 6.93. The second-order valence-corrected chi connectivity index (χ2v) is 10.9. The van der Waals surface area contributed by atoms with E-state index in [-0.39, 0.29) is 56.7 Å². The summed E-state index contributed by atoms with van der Waals surface area (Å²) in [4.78, 5) is 3.22. The Morgan fingerprint density at radius 3 is 1.52 bits per heavy atom. The van der Waals surface area contributed by atoms with Gasteiger partial charge in [-0.1, -0.05) is 53.7 Å². The molecule has 0 spiro atoms. The van der Waals surface area contributed by atoms with Crippen LogP contribution in [0.4, 0.5) is 17.1 Å². The number of nitrogens with two attached hydrogens (primary N) is 3. The van der Waals surface area contributed by atoms with Crippen LogP contribution in [0.25, 0.3) is 0 Å². The molecule has 1 heterocycles. The first-order chi connectivity index (χ1) is 18.1. The third kappa shape index (κ3) is 12.2. The van der Waals surface area contributed by atoms with Crippen molar-refractivity contribution in [3.63, 3.8) is 0 Å². The van der Waals surface area contributed by atoms with Crippen LogP contribution >= 0.6 is 50.9 Å². The van der Waals surface area contributed by atoms with Crippen molar-refractivity contribution in [2.45, 2.75) is 67.1 Å². The Balaban J connectivity index is -0.000000535. The molecular formula is C29H45B2BrClIN3O4V-. The minimum atomic E-state index is -1.43. The fraction of sp³-hybridized carbons (Fsp3) is 0.345. The fourth-order valence-corrected chi connectivity index (χ4v) is 3.86. The molecule has 1 aliphatic rings. The van der Waals surface area contributed by atoms with Gasteiger partial charge < -0.3 is 59.1 Å². The van der Waals surface area contributed by atoms with Crippen LogP contribution in [0.3, 0.4) is 0 Å². The smallest absolute Gasteiger partial charge is 0.423 e. The molecule has 0 aromatic heterocycles. The first-order valence-electron chi connectivity index (χ1n) is 12.3. The van der Waals surface area contributed by atoms with Crippen LogP contribution in [0.1, 0.15) is 51.8 Å². The molecule has 13 heteroatoms. The number of hydrogen-bond donors (Lipinski definition) is 5. The molecule has 3 aromatic carbocycles. The van der Waals surface area contributed by atoms with Gasteiger partial charge in [0, 0.05) is 40.1 Å². The Kier molecular flexibility index (Phi) is 21.9. The number of benzene rings is 3. The van der Waals surface area contributed by atoms with E-state index in [9.17, 15) is 0 Å². The Morgan fingerprint density at radius 1 is 0.762 bits per heavy atom. The first kappa shape index (κ1) is 45.5. The van der Waals surface area contributed by atoms with Gasteiger partial charge in [0.2, 0.25) is 0 Å².